The quantitative estimate of drug-likeness (QED) is 0.789. The van der Waals surface area contributed by atoms with E-state index in [4.69, 9.17) is 4.74 Å². The number of aliphatic hydroxyl groups is 1. The van der Waals surface area contributed by atoms with Crippen molar-refractivity contribution < 1.29 is 9.84 Å². The summed E-state index contributed by atoms with van der Waals surface area (Å²) in [4.78, 5) is 2.08. The van der Waals surface area contributed by atoms with Crippen molar-refractivity contribution in [1.82, 2.24) is 19.9 Å². The number of aryl methyl sites for hydroxylation is 1. The van der Waals surface area contributed by atoms with Gasteiger partial charge in [0.2, 0.25) is 0 Å². The van der Waals surface area contributed by atoms with Gasteiger partial charge in [0.15, 0.2) is 0 Å². The Bertz CT molecular complexity index is 360. The summed E-state index contributed by atoms with van der Waals surface area (Å²) in [7, 11) is 3.84. The molecule has 1 fully saturated rings. The predicted molar refractivity (Wildman–Crippen MR) is 62.3 cm³/mol. The van der Waals surface area contributed by atoms with Crippen LogP contribution in [0.3, 0.4) is 0 Å². The summed E-state index contributed by atoms with van der Waals surface area (Å²) in [6.07, 6.45) is 3.31. The van der Waals surface area contributed by atoms with Gasteiger partial charge in [-0.3, -0.25) is 9.58 Å². The third-order valence-corrected chi connectivity index (χ3v) is 3.07. The fourth-order valence-corrected chi connectivity index (χ4v) is 2.21. The average molecular weight is 240 g/mol. The van der Waals surface area contributed by atoms with Crippen molar-refractivity contribution >= 4 is 0 Å². The molecule has 0 unspecified atom stereocenters. The molecule has 2 heterocycles. The highest BCUT2D eigenvalue weighted by molar-refractivity contribution is 4.93. The van der Waals surface area contributed by atoms with Crippen LogP contribution < -0.4 is 0 Å². The Morgan fingerprint density at radius 2 is 2.24 bits per heavy atom. The van der Waals surface area contributed by atoms with Gasteiger partial charge >= 0.3 is 0 Å². The van der Waals surface area contributed by atoms with Crippen LogP contribution in [0.15, 0.2) is 6.20 Å². The Balaban J connectivity index is 1.85. The van der Waals surface area contributed by atoms with Crippen LogP contribution in [0, 0.1) is 0 Å². The molecule has 1 saturated heterocycles. The van der Waals surface area contributed by atoms with Crippen LogP contribution in [0.5, 0.6) is 0 Å². The maximum absolute atomic E-state index is 10.4. The number of ether oxygens (including phenoxy) is 1. The third-order valence-electron chi connectivity index (χ3n) is 3.07. The van der Waals surface area contributed by atoms with Gasteiger partial charge in [-0.25, -0.2) is 0 Å². The molecule has 96 valence electrons. The minimum absolute atomic E-state index is 0.616. The van der Waals surface area contributed by atoms with Crippen LogP contribution in [0.25, 0.3) is 0 Å². The van der Waals surface area contributed by atoms with Crippen LogP contribution >= 0.6 is 0 Å². The van der Waals surface area contributed by atoms with E-state index in [1.807, 2.05) is 20.3 Å². The summed E-state index contributed by atoms with van der Waals surface area (Å²) in [5, 5.41) is 18.3. The molecule has 0 saturated carbocycles. The standard InChI is InChI=1S/C11H20N4O2/c1-14(7-10-8-15(2)13-12-10)9-11(16)3-5-17-6-4-11/h8,16H,3-7,9H2,1-2H3. The smallest absolute Gasteiger partial charge is 0.0966 e. The lowest BCUT2D eigenvalue weighted by molar-refractivity contribution is -0.0778. The zero-order valence-electron chi connectivity index (χ0n) is 10.5. The second kappa shape index (κ2) is 5.12. The van der Waals surface area contributed by atoms with Gasteiger partial charge in [-0.1, -0.05) is 5.21 Å². The van der Waals surface area contributed by atoms with Crippen LogP contribution in [0.2, 0.25) is 0 Å². The monoisotopic (exact) mass is 240 g/mol. The molecule has 1 N–H and O–H groups in total. The van der Waals surface area contributed by atoms with Crippen molar-refractivity contribution in [2.24, 2.45) is 7.05 Å². The first-order valence-electron chi connectivity index (χ1n) is 5.91. The molecule has 6 heteroatoms. The Labute approximate surface area is 101 Å². The first kappa shape index (κ1) is 12.5. The Morgan fingerprint density at radius 3 is 2.82 bits per heavy atom. The van der Waals surface area contributed by atoms with Crippen molar-refractivity contribution in [1.29, 1.82) is 0 Å². The maximum Gasteiger partial charge on any atom is 0.0966 e. The zero-order chi connectivity index (χ0) is 12.3. The highest BCUT2D eigenvalue weighted by Crippen LogP contribution is 2.21. The minimum Gasteiger partial charge on any atom is -0.388 e. The fraction of sp³-hybridized carbons (Fsp3) is 0.818. The van der Waals surface area contributed by atoms with Crippen molar-refractivity contribution in [3.05, 3.63) is 11.9 Å². The molecule has 1 aromatic rings. The lowest BCUT2D eigenvalue weighted by Crippen LogP contribution is -2.45. The van der Waals surface area contributed by atoms with Crippen molar-refractivity contribution in [3.8, 4) is 0 Å². The molecule has 0 amide bonds. The summed E-state index contributed by atoms with van der Waals surface area (Å²) in [5.41, 5.74) is 0.306. The summed E-state index contributed by atoms with van der Waals surface area (Å²) in [5.74, 6) is 0. The van der Waals surface area contributed by atoms with E-state index in [9.17, 15) is 5.11 Å². The van der Waals surface area contributed by atoms with E-state index in [-0.39, 0.29) is 0 Å². The molecule has 1 aromatic heterocycles. The molecule has 2 rings (SSSR count). The van der Waals surface area contributed by atoms with E-state index in [1.54, 1.807) is 4.68 Å². The predicted octanol–water partition coefficient (Wildman–Crippen LogP) is -0.212. The number of aromatic nitrogens is 3. The number of rotatable bonds is 4. The van der Waals surface area contributed by atoms with Crippen LogP contribution in [0.1, 0.15) is 18.5 Å². The minimum atomic E-state index is -0.616. The number of hydrogen-bond acceptors (Lipinski definition) is 5. The van der Waals surface area contributed by atoms with Crippen LogP contribution in [0.4, 0.5) is 0 Å². The van der Waals surface area contributed by atoms with Crippen molar-refractivity contribution in [2.45, 2.75) is 25.0 Å². The fourth-order valence-electron chi connectivity index (χ4n) is 2.21. The normalized spacial score (nSPS) is 19.8. The number of hydrogen-bond donors (Lipinski definition) is 1. The van der Waals surface area contributed by atoms with Crippen LogP contribution in [-0.2, 0) is 18.3 Å². The highest BCUT2D eigenvalue weighted by atomic mass is 16.5. The first-order chi connectivity index (χ1) is 8.07. The van der Waals surface area contributed by atoms with Gasteiger partial charge in [0, 0.05) is 52.4 Å². The lowest BCUT2D eigenvalue weighted by Gasteiger charge is -2.35. The van der Waals surface area contributed by atoms with Gasteiger partial charge in [0.05, 0.1) is 11.3 Å². The second-order valence-electron chi connectivity index (χ2n) is 4.89. The SMILES string of the molecule is CN(Cc1cn(C)nn1)CC1(O)CCOCC1. The molecule has 0 spiro atoms. The molecule has 0 aromatic carbocycles. The van der Waals surface area contributed by atoms with E-state index in [0.29, 0.717) is 39.1 Å². The second-order valence-corrected chi connectivity index (χ2v) is 4.89. The molecule has 0 aliphatic carbocycles. The Kier molecular flexibility index (Phi) is 3.76. The van der Waals surface area contributed by atoms with E-state index in [0.717, 1.165) is 5.69 Å². The highest BCUT2D eigenvalue weighted by Gasteiger charge is 2.31. The van der Waals surface area contributed by atoms with Crippen LogP contribution in [-0.4, -0.2) is 57.4 Å². The molecule has 1 aliphatic rings. The van der Waals surface area contributed by atoms with Gasteiger partial charge < -0.3 is 9.84 Å². The molecule has 6 nitrogen and oxygen atoms in total. The van der Waals surface area contributed by atoms with Gasteiger partial charge in [-0.2, -0.15) is 0 Å². The van der Waals surface area contributed by atoms with Crippen molar-refractivity contribution in [3.63, 3.8) is 0 Å². The molecule has 0 radical (unpaired) electrons. The molecular formula is C11H20N4O2. The lowest BCUT2D eigenvalue weighted by atomic mass is 9.94. The van der Waals surface area contributed by atoms with E-state index in [2.05, 4.69) is 15.2 Å². The number of likely N-dealkylation sites (N-methyl/N-ethyl adjacent to an activating group) is 1. The largest absolute Gasteiger partial charge is 0.388 e. The van der Waals surface area contributed by atoms with Gasteiger partial charge in [0.25, 0.3) is 0 Å². The molecule has 1 aliphatic heterocycles. The molecule has 0 atom stereocenters. The number of nitrogens with zero attached hydrogens (tertiary/aromatic N) is 4. The van der Waals surface area contributed by atoms with E-state index < -0.39 is 5.60 Å². The average Bonchev–Trinajstić information content (AvgIpc) is 2.63. The summed E-state index contributed by atoms with van der Waals surface area (Å²) >= 11 is 0. The third kappa shape index (κ3) is 3.49. The van der Waals surface area contributed by atoms with Crippen molar-refractivity contribution in [2.75, 3.05) is 26.8 Å². The molecule has 0 bridgehead atoms. The van der Waals surface area contributed by atoms with E-state index >= 15 is 0 Å². The first-order valence-corrected chi connectivity index (χ1v) is 5.91. The Hall–Kier alpha value is -0.980. The maximum atomic E-state index is 10.4. The van der Waals surface area contributed by atoms with Gasteiger partial charge in [-0.15, -0.1) is 5.10 Å². The summed E-state index contributed by atoms with van der Waals surface area (Å²) in [6, 6.07) is 0. The summed E-state index contributed by atoms with van der Waals surface area (Å²) < 4.78 is 6.95. The summed E-state index contributed by atoms with van der Waals surface area (Å²) in [6.45, 7) is 2.65. The zero-order valence-corrected chi connectivity index (χ0v) is 10.5. The molecular weight excluding hydrogens is 220 g/mol. The Morgan fingerprint density at radius 1 is 1.53 bits per heavy atom. The topological polar surface area (TPSA) is 63.4 Å². The van der Waals surface area contributed by atoms with Gasteiger partial charge in [-0.05, 0) is 7.05 Å². The molecule has 17 heavy (non-hydrogen) atoms. The van der Waals surface area contributed by atoms with Gasteiger partial charge in [0.1, 0.15) is 0 Å². The van der Waals surface area contributed by atoms with E-state index in [1.165, 1.54) is 0 Å².